The average molecular weight is 379 g/mol. The predicted octanol–water partition coefficient (Wildman–Crippen LogP) is 3.66. The van der Waals surface area contributed by atoms with E-state index in [-0.39, 0.29) is 11.2 Å². The van der Waals surface area contributed by atoms with Crippen molar-refractivity contribution in [3.8, 4) is 5.69 Å². The maximum absolute atomic E-state index is 12.6. The minimum Gasteiger partial charge on any atom is -0.294 e. The van der Waals surface area contributed by atoms with Crippen LogP contribution in [0.5, 0.6) is 0 Å². The highest BCUT2D eigenvalue weighted by Gasteiger charge is 2.24. The fourth-order valence-electron chi connectivity index (χ4n) is 3.23. The molecule has 3 aromatic rings. The van der Waals surface area contributed by atoms with Crippen molar-refractivity contribution in [2.75, 3.05) is 5.32 Å². The SMILES string of the molecule is CC(Sc1nc2c(n1-c1ccccc1)CCCC2)C(=O)Nc1ncccn1. The molecule has 0 fully saturated rings. The van der Waals surface area contributed by atoms with Crippen molar-refractivity contribution in [3.63, 3.8) is 0 Å². The van der Waals surface area contributed by atoms with Gasteiger partial charge >= 0.3 is 0 Å². The zero-order valence-electron chi connectivity index (χ0n) is 15.1. The molecule has 1 aliphatic carbocycles. The number of nitrogens with one attached hydrogen (secondary N) is 1. The number of aromatic nitrogens is 4. The predicted molar refractivity (Wildman–Crippen MR) is 106 cm³/mol. The highest BCUT2D eigenvalue weighted by Crippen LogP contribution is 2.32. The lowest BCUT2D eigenvalue weighted by molar-refractivity contribution is -0.115. The van der Waals surface area contributed by atoms with E-state index in [1.54, 1.807) is 18.5 Å². The Balaban J connectivity index is 1.60. The summed E-state index contributed by atoms with van der Waals surface area (Å²) in [7, 11) is 0. The lowest BCUT2D eigenvalue weighted by Crippen LogP contribution is -2.24. The van der Waals surface area contributed by atoms with E-state index in [2.05, 4.69) is 32.0 Å². The number of carbonyl (C=O) groups is 1. The molecular weight excluding hydrogens is 358 g/mol. The molecule has 0 aliphatic heterocycles. The highest BCUT2D eigenvalue weighted by atomic mass is 32.2. The molecule has 2 aromatic heterocycles. The van der Waals surface area contributed by atoms with E-state index in [0.717, 1.165) is 29.4 Å². The standard InChI is InChI=1S/C20H21N5OS/c1-14(18(26)24-19-21-12-7-13-22-19)27-20-23-16-10-5-6-11-17(16)25(20)15-8-3-2-4-9-15/h2-4,7-9,12-14H,5-6,10-11H2,1H3,(H,21,22,24,26). The first-order chi connectivity index (χ1) is 13.2. The van der Waals surface area contributed by atoms with Crippen molar-refractivity contribution in [1.29, 1.82) is 0 Å². The van der Waals surface area contributed by atoms with Gasteiger partial charge in [0.1, 0.15) is 0 Å². The van der Waals surface area contributed by atoms with Gasteiger partial charge in [0.15, 0.2) is 5.16 Å². The van der Waals surface area contributed by atoms with Crippen LogP contribution in [0.2, 0.25) is 0 Å². The Labute approximate surface area is 162 Å². The molecule has 1 amide bonds. The first kappa shape index (κ1) is 17.7. The second-order valence-corrected chi connectivity index (χ2v) is 7.80. The summed E-state index contributed by atoms with van der Waals surface area (Å²) in [6.07, 6.45) is 7.59. The largest absolute Gasteiger partial charge is 0.294 e. The number of rotatable bonds is 5. The van der Waals surface area contributed by atoms with Gasteiger partial charge in [-0.3, -0.25) is 14.7 Å². The number of nitrogens with zero attached hydrogens (tertiary/aromatic N) is 4. The molecule has 1 aliphatic rings. The Kier molecular flexibility index (Phi) is 5.20. The van der Waals surface area contributed by atoms with Crippen LogP contribution in [0.3, 0.4) is 0 Å². The van der Waals surface area contributed by atoms with E-state index in [9.17, 15) is 4.79 Å². The molecule has 4 rings (SSSR count). The van der Waals surface area contributed by atoms with Gasteiger partial charge in [-0.25, -0.2) is 15.0 Å². The molecule has 0 saturated carbocycles. The van der Waals surface area contributed by atoms with Gasteiger partial charge in [-0.15, -0.1) is 0 Å². The molecule has 0 bridgehead atoms. The van der Waals surface area contributed by atoms with Crippen molar-refractivity contribution in [1.82, 2.24) is 19.5 Å². The number of para-hydroxylation sites is 1. The molecule has 2 heterocycles. The van der Waals surface area contributed by atoms with Gasteiger partial charge in [0, 0.05) is 23.8 Å². The molecule has 138 valence electrons. The summed E-state index contributed by atoms with van der Waals surface area (Å²) in [4.78, 5) is 25.5. The van der Waals surface area contributed by atoms with Crippen LogP contribution in [0.1, 0.15) is 31.2 Å². The number of fused-ring (bicyclic) bond motifs is 1. The Morgan fingerprint density at radius 1 is 1.11 bits per heavy atom. The van der Waals surface area contributed by atoms with Crippen LogP contribution in [0.4, 0.5) is 5.95 Å². The van der Waals surface area contributed by atoms with Gasteiger partial charge in [0.05, 0.1) is 10.9 Å². The number of aryl methyl sites for hydroxylation is 1. The van der Waals surface area contributed by atoms with Gasteiger partial charge in [-0.05, 0) is 50.8 Å². The molecule has 6 nitrogen and oxygen atoms in total. The Morgan fingerprint density at radius 3 is 2.63 bits per heavy atom. The fraction of sp³-hybridized carbons (Fsp3) is 0.300. The van der Waals surface area contributed by atoms with Crippen molar-refractivity contribution < 1.29 is 4.79 Å². The van der Waals surface area contributed by atoms with Crippen molar-refractivity contribution in [2.24, 2.45) is 0 Å². The Morgan fingerprint density at radius 2 is 1.85 bits per heavy atom. The molecule has 0 saturated heterocycles. The maximum atomic E-state index is 12.6. The first-order valence-corrected chi connectivity index (χ1v) is 10.0. The van der Waals surface area contributed by atoms with E-state index >= 15 is 0 Å². The molecule has 0 radical (unpaired) electrons. The molecule has 1 aromatic carbocycles. The molecule has 1 unspecified atom stereocenters. The molecule has 7 heteroatoms. The topological polar surface area (TPSA) is 72.7 Å². The van der Waals surface area contributed by atoms with Crippen molar-refractivity contribution >= 4 is 23.6 Å². The molecule has 0 spiro atoms. The summed E-state index contributed by atoms with van der Waals surface area (Å²) in [5, 5.41) is 3.31. The number of amides is 1. The molecule has 27 heavy (non-hydrogen) atoms. The van der Waals surface area contributed by atoms with Crippen LogP contribution in [0.15, 0.2) is 53.9 Å². The maximum Gasteiger partial charge on any atom is 0.240 e. The second kappa shape index (κ2) is 7.92. The van der Waals surface area contributed by atoms with E-state index in [0.29, 0.717) is 5.95 Å². The van der Waals surface area contributed by atoms with Gasteiger partial charge < -0.3 is 0 Å². The van der Waals surface area contributed by atoms with E-state index in [1.807, 2.05) is 25.1 Å². The summed E-state index contributed by atoms with van der Waals surface area (Å²) in [5.41, 5.74) is 3.52. The quantitative estimate of drug-likeness (QED) is 0.685. The van der Waals surface area contributed by atoms with Gasteiger partial charge in [0.2, 0.25) is 11.9 Å². The highest BCUT2D eigenvalue weighted by molar-refractivity contribution is 8.00. The summed E-state index contributed by atoms with van der Waals surface area (Å²) >= 11 is 1.47. The lowest BCUT2D eigenvalue weighted by Gasteiger charge is -2.16. The normalized spacial score (nSPS) is 14.4. The van der Waals surface area contributed by atoms with Crippen molar-refractivity contribution in [3.05, 3.63) is 60.2 Å². The minimum atomic E-state index is -0.319. The number of hydrogen-bond acceptors (Lipinski definition) is 5. The van der Waals surface area contributed by atoms with Gasteiger partial charge in [-0.1, -0.05) is 30.0 Å². The number of anilines is 1. The van der Waals surface area contributed by atoms with Crippen LogP contribution < -0.4 is 5.32 Å². The molecular formula is C20H21N5OS. The number of hydrogen-bond donors (Lipinski definition) is 1. The second-order valence-electron chi connectivity index (χ2n) is 6.49. The van der Waals surface area contributed by atoms with Gasteiger partial charge in [-0.2, -0.15) is 0 Å². The number of thioether (sulfide) groups is 1. The van der Waals surface area contributed by atoms with Crippen LogP contribution >= 0.6 is 11.8 Å². The van der Waals surface area contributed by atoms with Crippen molar-refractivity contribution in [2.45, 2.75) is 43.0 Å². The smallest absolute Gasteiger partial charge is 0.240 e. The molecule has 1 atom stereocenters. The zero-order chi connectivity index (χ0) is 18.6. The number of carbonyl (C=O) groups excluding carboxylic acids is 1. The van der Waals surface area contributed by atoms with Crippen LogP contribution in [0, 0.1) is 0 Å². The minimum absolute atomic E-state index is 0.133. The van der Waals surface area contributed by atoms with Crippen LogP contribution in [-0.4, -0.2) is 30.7 Å². The lowest BCUT2D eigenvalue weighted by atomic mass is 10.0. The summed E-state index contributed by atoms with van der Waals surface area (Å²) < 4.78 is 2.21. The van der Waals surface area contributed by atoms with E-state index < -0.39 is 0 Å². The first-order valence-electron chi connectivity index (χ1n) is 9.13. The summed E-state index contributed by atoms with van der Waals surface area (Å²) in [6.45, 7) is 1.88. The Hall–Kier alpha value is -2.67. The summed E-state index contributed by atoms with van der Waals surface area (Å²) in [5.74, 6) is 0.187. The Bertz CT molecular complexity index is 926. The third-order valence-corrected chi connectivity index (χ3v) is 5.62. The average Bonchev–Trinajstić information content (AvgIpc) is 3.07. The fourth-order valence-corrected chi connectivity index (χ4v) is 4.19. The summed E-state index contributed by atoms with van der Waals surface area (Å²) in [6, 6.07) is 12.0. The third kappa shape index (κ3) is 3.88. The monoisotopic (exact) mass is 379 g/mol. The van der Waals surface area contributed by atoms with E-state index in [1.165, 1.54) is 30.3 Å². The molecule has 1 N–H and O–H groups in total. The number of benzene rings is 1. The van der Waals surface area contributed by atoms with Gasteiger partial charge in [0.25, 0.3) is 0 Å². The zero-order valence-corrected chi connectivity index (χ0v) is 15.9. The van der Waals surface area contributed by atoms with E-state index in [4.69, 9.17) is 4.98 Å². The van der Waals surface area contributed by atoms with Crippen LogP contribution in [-0.2, 0) is 17.6 Å². The number of imidazole rings is 1. The van der Waals surface area contributed by atoms with Crippen LogP contribution in [0.25, 0.3) is 5.69 Å². The third-order valence-electron chi connectivity index (χ3n) is 4.57.